The quantitative estimate of drug-likeness (QED) is 0.106. The van der Waals surface area contributed by atoms with Gasteiger partial charge in [-0.15, -0.1) is 0 Å². The van der Waals surface area contributed by atoms with Crippen LogP contribution in [0.1, 0.15) is 71.0 Å². The van der Waals surface area contributed by atoms with E-state index in [1.54, 1.807) is 44.9 Å². The van der Waals surface area contributed by atoms with Gasteiger partial charge in [-0.05, 0) is 56.1 Å². The summed E-state index contributed by atoms with van der Waals surface area (Å²) < 4.78 is 11.0. The topological polar surface area (TPSA) is 213 Å². The summed E-state index contributed by atoms with van der Waals surface area (Å²) >= 11 is 0. The van der Waals surface area contributed by atoms with Crippen LogP contribution in [0, 0.1) is 11.8 Å². The molecular weight excluding hydrogens is 765 g/mol. The minimum absolute atomic E-state index is 0.113. The van der Waals surface area contributed by atoms with Crippen molar-refractivity contribution in [2.75, 3.05) is 13.2 Å². The third-order valence-electron chi connectivity index (χ3n) is 12.3. The van der Waals surface area contributed by atoms with Gasteiger partial charge >= 0.3 is 0 Å². The predicted octanol–water partition coefficient (Wildman–Crippen LogP) is 4.51. The lowest BCUT2D eigenvalue weighted by molar-refractivity contribution is 0.0348. The molecular formula is C42H50N14O4. The molecule has 8 aromatic rings. The second-order valence-electron chi connectivity index (χ2n) is 16.0. The van der Waals surface area contributed by atoms with Crippen molar-refractivity contribution in [1.82, 2.24) is 68.3 Å². The Bertz CT molecular complexity index is 2700. The van der Waals surface area contributed by atoms with Crippen LogP contribution in [0.5, 0.6) is 0 Å². The zero-order valence-electron chi connectivity index (χ0n) is 33.8. The molecule has 1 fully saturated rings. The number of hydrogen-bond donors (Lipinski definition) is 4. The van der Waals surface area contributed by atoms with Crippen molar-refractivity contribution in [3.05, 3.63) is 86.5 Å². The van der Waals surface area contributed by atoms with Crippen LogP contribution in [-0.2, 0) is 6.54 Å². The van der Waals surface area contributed by atoms with Gasteiger partial charge in [-0.25, -0.2) is 19.0 Å². The van der Waals surface area contributed by atoms with Gasteiger partial charge in [0.1, 0.15) is 0 Å². The zero-order chi connectivity index (χ0) is 41.5. The predicted molar refractivity (Wildman–Crippen MR) is 221 cm³/mol. The highest BCUT2D eigenvalue weighted by atomic mass is 16.3. The van der Waals surface area contributed by atoms with Gasteiger partial charge in [-0.2, -0.15) is 30.6 Å². The van der Waals surface area contributed by atoms with Crippen LogP contribution in [0.2, 0.25) is 0 Å². The number of aliphatic hydroxyl groups excluding tert-OH is 4. The number of rotatable bonds is 16. The van der Waals surface area contributed by atoms with E-state index in [1.807, 2.05) is 63.2 Å². The molecule has 0 saturated heterocycles. The second kappa shape index (κ2) is 16.5. The van der Waals surface area contributed by atoms with Crippen LogP contribution in [-0.4, -0.2) is 114 Å². The van der Waals surface area contributed by atoms with E-state index in [2.05, 4.69) is 47.4 Å². The van der Waals surface area contributed by atoms with Gasteiger partial charge in [-0.1, -0.05) is 20.8 Å². The number of aromatic nitrogens is 14. The SMILES string of the molecule is CCC(CC)n1cc(-c2nc(-c3cnn([C@H](CC4CC[C@@H](n5cc(-c6nc(-c7cnn(C[C@@H](O)CO)c7)cn7nccc67)cn5)[C@H]4C)[C@@H](O)CO)c3)cn3nccc23)cn1. The number of nitrogens with zero attached hydrogens (tertiary/aromatic N) is 14. The normalized spacial score (nSPS) is 18.6. The molecule has 8 heterocycles. The number of aliphatic hydroxyl groups is 4. The van der Waals surface area contributed by atoms with E-state index >= 15 is 0 Å². The first-order valence-corrected chi connectivity index (χ1v) is 20.7. The van der Waals surface area contributed by atoms with Gasteiger partial charge in [0, 0.05) is 47.0 Å². The van der Waals surface area contributed by atoms with Crippen molar-refractivity contribution in [3.63, 3.8) is 0 Å². The van der Waals surface area contributed by atoms with Crippen LogP contribution in [0.3, 0.4) is 0 Å². The summed E-state index contributed by atoms with van der Waals surface area (Å²) in [6.45, 7) is 5.98. The van der Waals surface area contributed by atoms with Gasteiger partial charge in [0.05, 0.1) is 133 Å². The molecule has 0 amide bonds. The first kappa shape index (κ1) is 39.4. The van der Waals surface area contributed by atoms with Crippen LogP contribution in [0.4, 0.5) is 0 Å². The fourth-order valence-electron chi connectivity index (χ4n) is 8.85. The van der Waals surface area contributed by atoms with Crippen molar-refractivity contribution in [2.45, 2.75) is 89.8 Å². The Morgan fingerprint density at radius 1 is 0.667 bits per heavy atom. The Labute approximate surface area is 345 Å². The standard InChI is InChI=1S/C42H50N14O4/c1-4-32(5-2)52-19-30(15-46-52)41-37-8-10-44-56(37)23-35(50-41)29-14-47-54(18-29)39(40(60)25-58)12-27-6-7-36(26(27)3)53-20-31(16-48-53)42-38-9-11-43-55(38)22-34(49-42)28-13-45-51(17-28)21-33(59)24-57/h8-11,13-20,22-23,26-27,32-33,36,39-40,57-60H,4-7,12,21,24-25H2,1-3H3/t26-,27?,33+,36+,39+,40-/m0/s1. The largest absolute Gasteiger partial charge is 0.394 e. The average Bonchev–Trinajstić information content (AvgIpc) is 4.12. The molecule has 1 aliphatic rings. The summed E-state index contributed by atoms with van der Waals surface area (Å²) in [5.41, 5.74) is 7.84. The van der Waals surface area contributed by atoms with Crippen LogP contribution >= 0.6 is 0 Å². The minimum atomic E-state index is -1.02. The third-order valence-corrected chi connectivity index (χ3v) is 12.3. The van der Waals surface area contributed by atoms with E-state index < -0.39 is 24.9 Å². The van der Waals surface area contributed by atoms with E-state index in [1.165, 1.54) is 0 Å². The van der Waals surface area contributed by atoms with Gasteiger partial charge < -0.3 is 20.4 Å². The van der Waals surface area contributed by atoms with Crippen LogP contribution in [0.25, 0.3) is 56.1 Å². The fourth-order valence-corrected chi connectivity index (χ4v) is 8.85. The lowest BCUT2D eigenvalue weighted by Crippen LogP contribution is -2.30. The fraction of sp³-hybridized carbons (Fsp3) is 0.429. The lowest BCUT2D eigenvalue weighted by atomic mass is 9.88. The highest BCUT2D eigenvalue weighted by Crippen LogP contribution is 2.45. The lowest BCUT2D eigenvalue weighted by Gasteiger charge is -2.28. The van der Waals surface area contributed by atoms with E-state index in [0.29, 0.717) is 23.9 Å². The van der Waals surface area contributed by atoms with Gasteiger partial charge in [0.25, 0.3) is 0 Å². The van der Waals surface area contributed by atoms with Crippen molar-refractivity contribution in [1.29, 1.82) is 0 Å². The summed E-state index contributed by atoms with van der Waals surface area (Å²) in [6.07, 6.45) is 24.6. The second-order valence-corrected chi connectivity index (χ2v) is 16.0. The maximum absolute atomic E-state index is 11.2. The first-order chi connectivity index (χ1) is 29.2. The smallest absolute Gasteiger partial charge is 0.0999 e. The molecule has 0 bridgehead atoms. The summed E-state index contributed by atoms with van der Waals surface area (Å²) in [5, 5.41) is 68.2. The maximum atomic E-state index is 11.2. The first-order valence-electron chi connectivity index (χ1n) is 20.7. The minimum Gasteiger partial charge on any atom is -0.394 e. The van der Waals surface area contributed by atoms with Crippen LogP contribution in [0.15, 0.2) is 86.5 Å². The highest BCUT2D eigenvalue weighted by molar-refractivity contribution is 5.79. The van der Waals surface area contributed by atoms with Crippen molar-refractivity contribution < 1.29 is 20.4 Å². The molecule has 4 N–H and O–H groups in total. The zero-order valence-corrected chi connectivity index (χ0v) is 33.8. The Morgan fingerprint density at radius 2 is 1.27 bits per heavy atom. The molecule has 0 spiro atoms. The van der Waals surface area contributed by atoms with E-state index in [-0.39, 0.29) is 31.0 Å². The Balaban J connectivity index is 0.939. The average molecular weight is 815 g/mol. The van der Waals surface area contributed by atoms with E-state index in [0.717, 1.165) is 70.4 Å². The van der Waals surface area contributed by atoms with Crippen molar-refractivity contribution >= 4 is 11.0 Å². The van der Waals surface area contributed by atoms with E-state index in [4.69, 9.17) is 20.2 Å². The summed E-state index contributed by atoms with van der Waals surface area (Å²) in [4.78, 5) is 10.1. The monoisotopic (exact) mass is 814 g/mol. The molecule has 60 heavy (non-hydrogen) atoms. The molecule has 0 radical (unpaired) electrons. The highest BCUT2D eigenvalue weighted by Gasteiger charge is 2.38. The summed E-state index contributed by atoms with van der Waals surface area (Å²) in [7, 11) is 0. The molecule has 0 aromatic carbocycles. The Hall–Kier alpha value is -6.08. The Morgan fingerprint density at radius 3 is 1.93 bits per heavy atom. The summed E-state index contributed by atoms with van der Waals surface area (Å²) in [5.74, 6) is 0.435. The molecule has 312 valence electrons. The number of fused-ring (bicyclic) bond motifs is 2. The van der Waals surface area contributed by atoms with Gasteiger partial charge in [-0.3, -0.25) is 18.7 Å². The summed E-state index contributed by atoms with van der Waals surface area (Å²) in [6, 6.07) is 3.82. The maximum Gasteiger partial charge on any atom is 0.0999 e. The van der Waals surface area contributed by atoms with Gasteiger partial charge in [0.15, 0.2) is 0 Å². The molecule has 0 aliphatic heterocycles. The molecule has 6 atom stereocenters. The molecule has 1 saturated carbocycles. The van der Waals surface area contributed by atoms with Crippen molar-refractivity contribution in [2.24, 2.45) is 11.8 Å². The Kier molecular flexibility index (Phi) is 10.8. The molecule has 9 rings (SSSR count). The molecule has 1 unspecified atom stereocenters. The van der Waals surface area contributed by atoms with Crippen LogP contribution < -0.4 is 0 Å². The molecule has 18 heteroatoms. The number of hydrogen-bond acceptors (Lipinski definition) is 12. The van der Waals surface area contributed by atoms with E-state index in [9.17, 15) is 20.4 Å². The molecule has 1 aliphatic carbocycles. The molecule has 8 aromatic heterocycles. The van der Waals surface area contributed by atoms with Gasteiger partial charge in [0.2, 0.25) is 0 Å². The molecule has 18 nitrogen and oxygen atoms in total. The third kappa shape index (κ3) is 7.40. The van der Waals surface area contributed by atoms with Crippen molar-refractivity contribution in [3.8, 4) is 45.0 Å².